The number of anilines is 1. The molecule has 76 valence electrons. The van der Waals surface area contributed by atoms with E-state index in [9.17, 15) is 13.2 Å². The molecule has 1 aliphatic carbocycles. The van der Waals surface area contributed by atoms with Crippen LogP contribution in [-0.2, 0) is 6.18 Å². The lowest BCUT2D eigenvalue weighted by Gasteiger charge is -2.11. The summed E-state index contributed by atoms with van der Waals surface area (Å²) >= 11 is 0. The fourth-order valence-corrected chi connectivity index (χ4v) is 1.40. The molecule has 0 spiro atoms. The van der Waals surface area contributed by atoms with Crippen molar-refractivity contribution in [3.63, 3.8) is 0 Å². The Bertz CT molecular complexity index is 356. The number of hydrogen-bond donors (Lipinski definition) is 1. The van der Waals surface area contributed by atoms with Gasteiger partial charge in [-0.3, -0.25) is 0 Å². The van der Waals surface area contributed by atoms with E-state index >= 15 is 0 Å². The number of aromatic nitrogens is 1. The molecule has 14 heavy (non-hydrogen) atoms. The normalized spacial score (nSPS) is 17.1. The van der Waals surface area contributed by atoms with Crippen molar-refractivity contribution in [1.82, 2.24) is 4.98 Å². The van der Waals surface area contributed by atoms with Gasteiger partial charge >= 0.3 is 6.18 Å². The first-order valence-electron chi connectivity index (χ1n) is 4.32. The Labute approximate surface area is 78.9 Å². The molecule has 0 saturated heterocycles. The van der Waals surface area contributed by atoms with Crippen LogP contribution in [0.3, 0.4) is 0 Å². The largest absolute Gasteiger partial charge is 0.418 e. The lowest BCUT2D eigenvalue weighted by atomic mass is 10.1. The second-order valence-corrected chi connectivity index (χ2v) is 3.44. The average Bonchev–Trinajstić information content (AvgIpc) is 2.83. The third-order valence-corrected chi connectivity index (χ3v) is 2.22. The summed E-state index contributed by atoms with van der Waals surface area (Å²) in [4.78, 5) is 3.76. The van der Waals surface area contributed by atoms with Gasteiger partial charge in [0, 0.05) is 5.92 Å². The van der Waals surface area contributed by atoms with Crippen LogP contribution < -0.4 is 5.73 Å². The molecule has 2 nitrogen and oxygen atoms in total. The zero-order valence-electron chi connectivity index (χ0n) is 7.30. The van der Waals surface area contributed by atoms with Crippen molar-refractivity contribution < 1.29 is 13.2 Å². The number of hydrogen-bond acceptors (Lipinski definition) is 2. The van der Waals surface area contributed by atoms with Crippen LogP contribution in [0.2, 0.25) is 0 Å². The second kappa shape index (κ2) is 2.87. The molecule has 0 radical (unpaired) electrons. The van der Waals surface area contributed by atoms with E-state index in [1.165, 1.54) is 6.07 Å². The topological polar surface area (TPSA) is 38.9 Å². The van der Waals surface area contributed by atoms with Gasteiger partial charge in [0.15, 0.2) is 0 Å². The van der Waals surface area contributed by atoms with Gasteiger partial charge in [-0.1, -0.05) is 0 Å². The van der Waals surface area contributed by atoms with E-state index in [0.717, 1.165) is 18.9 Å². The molecular weight excluding hydrogens is 193 g/mol. The summed E-state index contributed by atoms with van der Waals surface area (Å²) in [6.45, 7) is 0. The van der Waals surface area contributed by atoms with Crippen molar-refractivity contribution in [3.8, 4) is 0 Å². The van der Waals surface area contributed by atoms with Gasteiger partial charge in [-0.25, -0.2) is 4.98 Å². The second-order valence-electron chi connectivity index (χ2n) is 3.44. The van der Waals surface area contributed by atoms with Gasteiger partial charge in [-0.05, 0) is 25.0 Å². The van der Waals surface area contributed by atoms with Crippen molar-refractivity contribution >= 4 is 5.82 Å². The predicted octanol–water partition coefficient (Wildman–Crippen LogP) is 2.56. The smallest absolute Gasteiger partial charge is 0.384 e. The Balaban J connectivity index is 2.47. The molecule has 1 aromatic heterocycles. The number of nitrogens with two attached hydrogens (primary N) is 1. The minimum atomic E-state index is -4.32. The highest BCUT2D eigenvalue weighted by Crippen LogP contribution is 2.44. The number of alkyl halides is 3. The Kier molecular flexibility index (Phi) is 1.90. The summed E-state index contributed by atoms with van der Waals surface area (Å²) < 4.78 is 37.5. The van der Waals surface area contributed by atoms with E-state index in [1.54, 1.807) is 0 Å². The van der Waals surface area contributed by atoms with Crippen molar-refractivity contribution in [2.24, 2.45) is 0 Å². The molecule has 0 atom stereocenters. The highest BCUT2D eigenvalue weighted by Gasteiger charge is 2.39. The molecule has 1 saturated carbocycles. The number of nitrogen functional groups attached to an aromatic ring is 1. The quantitative estimate of drug-likeness (QED) is 0.760. The van der Waals surface area contributed by atoms with E-state index in [4.69, 9.17) is 5.73 Å². The van der Waals surface area contributed by atoms with Crippen LogP contribution in [0.15, 0.2) is 12.1 Å². The summed E-state index contributed by atoms with van der Waals surface area (Å²) in [6.07, 6.45) is -2.77. The van der Waals surface area contributed by atoms with Crippen LogP contribution in [0.25, 0.3) is 0 Å². The fourth-order valence-electron chi connectivity index (χ4n) is 1.40. The monoisotopic (exact) mass is 202 g/mol. The molecule has 0 unspecified atom stereocenters. The Morgan fingerprint density at radius 3 is 2.43 bits per heavy atom. The summed E-state index contributed by atoms with van der Waals surface area (Å²) in [6, 6.07) is 2.20. The lowest BCUT2D eigenvalue weighted by molar-refractivity contribution is -0.138. The van der Waals surface area contributed by atoms with Gasteiger partial charge in [0.25, 0.3) is 0 Å². The highest BCUT2D eigenvalue weighted by molar-refractivity contribution is 5.38. The van der Waals surface area contributed by atoms with Gasteiger partial charge in [-0.15, -0.1) is 0 Å². The van der Waals surface area contributed by atoms with E-state index < -0.39 is 11.7 Å². The Morgan fingerprint density at radius 2 is 1.93 bits per heavy atom. The molecule has 1 aromatic rings. The summed E-state index contributed by atoms with van der Waals surface area (Å²) in [5, 5.41) is 0. The first-order valence-corrected chi connectivity index (χ1v) is 4.32. The molecule has 2 rings (SSSR count). The average molecular weight is 202 g/mol. The van der Waals surface area contributed by atoms with Crippen LogP contribution in [0.5, 0.6) is 0 Å². The first kappa shape index (κ1) is 9.30. The molecular formula is C9H9F3N2. The van der Waals surface area contributed by atoms with Gasteiger partial charge in [0.1, 0.15) is 5.82 Å². The summed E-state index contributed by atoms with van der Waals surface area (Å²) in [5.41, 5.74) is 4.82. The fraction of sp³-hybridized carbons (Fsp3) is 0.444. The minimum Gasteiger partial charge on any atom is -0.384 e. The number of halogens is 3. The SMILES string of the molecule is Nc1ccc(C(F)(F)F)c(C2CC2)n1. The zero-order valence-corrected chi connectivity index (χ0v) is 7.30. The van der Waals surface area contributed by atoms with E-state index in [0.29, 0.717) is 0 Å². The Morgan fingerprint density at radius 1 is 1.29 bits per heavy atom. The van der Waals surface area contributed by atoms with Gasteiger partial charge < -0.3 is 5.73 Å². The lowest BCUT2D eigenvalue weighted by Crippen LogP contribution is -2.11. The number of nitrogens with zero attached hydrogens (tertiary/aromatic N) is 1. The van der Waals surface area contributed by atoms with Crippen LogP contribution in [0.1, 0.15) is 30.0 Å². The van der Waals surface area contributed by atoms with Gasteiger partial charge in [0.05, 0.1) is 11.3 Å². The molecule has 5 heteroatoms. The first-order chi connectivity index (χ1) is 6.48. The zero-order chi connectivity index (χ0) is 10.3. The molecule has 0 aromatic carbocycles. The third kappa shape index (κ3) is 1.66. The van der Waals surface area contributed by atoms with Crippen molar-refractivity contribution in [1.29, 1.82) is 0 Å². The van der Waals surface area contributed by atoms with Gasteiger partial charge in [-0.2, -0.15) is 13.2 Å². The summed E-state index contributed by atoms with van der Waals surface area (Å²) in [5.74, 6) is 0.107. The van der Waals surface area contributed by atoms with Gasteiger partial charge in [0.2, 0.25) is 0 Å². The highest BCUT2D eigenvalue weighted by atomic mass is 19.4. The molecule has 1 heterocycles. The third-order valence-electron chi connectivity index (χ3n) is 2.22. The predicted molar refractivity (Wildman–Crippen MR) is 45.6 cm³/mol. The molecule has 0 aliphatic heterocycles. The summed E-state index contributed by atoms with van der Waals surface area (Å²) in [7, 11) is 0. The number of pyridine rings is 1. The van der Waals surface area contributed by atoms with Crippen LogP contribution in [0, 0.1) is 0 Å². The maximum atomic E-state index is 12.5. The standard InChI is InChI=1S/C9H9F3N2/c10-9(11,12)6-3-4-7(13)14-8(6)5-1-2-5/h3-5H,1-2H2,(H2,13,14). The molecule has 0 bridgehead atoms. The maximum absolute atomic E-state index is 12.5. The van der Waals surface area contributed by atoms with E-state index in [-0.39, 0.29) is 17.4 Å². The molecule has 0 amide bonds. The Hall–Kier alpha value is -1.26. The van der Waals surface area contributed by atoms with Crippen LogP contribution >= 0.6 is 0 Å². The number of rotatable bonds is 1. The van der Waals surface area contributed by atoms with Crippen LogP contribution in [0.4, 0.5) is 19.0 Å². The molecule has 2 N–H and O–H groups in total. The molecule has 1 aliphatic rings. The van der Waals surface area contributed by atoms with E-state index in [1.807, 2.05) is 0 Å². The minimum absolute atomic E-state index is 0.0462. The maximum Gasteiger partial charge on any atom is 0.418 e. The molecule has 1 fully saturated rings. The van der Waals surface area contributed by atoms with E-state index in [2.05, 4.69) is 4.98 Å². The van der Waals surface area contributed by atoms with Crippen molar-refractivity contribution in [2.75, 3.05) is 5.73 Å². The van der Waals surface area contributed by atoms with Crippen molar-refractivity contribution in [3.05, 3.63) is 23.4 Å². The van der Waals surface area contributed by atoms with Crippen molar-refractivity contribution in [2.45, 2.75) is 24.9 Å². The van der Waals surface area contributed by atoms with Crippen LogP contribution in [-0.4, -0.2) is 4.98 Å².